The maximum atomic E-state index is 13.5. The van der Waals surface area contributed by atoms with Gasteiger partial charge in [0.25, 0.3) is 0 Å². The first kappa shape index (κ1) is 14.8. The van der Waals surface area contributed by atoms with Crippen molar-refractivity contribution < 1.29 is 18.0 Å². The van der Waals surface area contributed by atoms with Gasteiger partial charge in [0.2, 0.25) is 5.91 Å². The third-order valence-corrected chi connectivity index (χ3v) is 3.70. The zero-order valence-corrected chi connectivity index (χ0v) is 11.2. The molecule has 110 valence electrons. The van der Waals surface area contributed by atoms with E-state index >= 15 is 0 Å². The molecule has 0 aliphatic carbocycles. The SMILES string of the molecule is CCC1CCNC(C(=O)Nc2ccc(F)c(F)c2F)C1. The van der Waals surface area contributed by atoms with Crippen molar-refractivity contribution >= 4 is 11.6 Å². The van der Waals surface area contributed by atoms with Crippen molar-refractivity contribution in [3.05, 3.63) is 29.6 Å². The summed E-state index contributed by atoms with van der Waals surface area (Å²) in [5, 5.41) is 5.36. The topological polar surface area (TPSA) is 41.1 Å². The van der Waals surface area contributed by atoms with Crippen molar-refractivity contribution in [3.63, 3.8) is 0 Å². The lowest BCUT2D eigenvalue weighted by atomic mass is 9.90. The van der Waals surface area contributed by atoms with Crippen LogP contribution in [0.15, 0.2) is 12.1 Å². The molecule has 1 aromatic carbocycles. The van der Waals surface area contributed by atoms with E-state index in [0.29, 0.717) is 12.3 Å². The summed E-state index contributed by atoms with van der Waals surface area (Å²) in [6.45, 7) is 2.77. The number of hydrogen-bond acceptors (Lipinski definition) is 2. The normalized spacial score (nSPS) is 22.6. The predicted molar refractivity (Wildman–Crippen MR) is 69.8 cm³/mol. The molecule has 2 rings (SSSR count). The maximum Gasteiger partial charge on any atom is 0.241 e. The van der Waals surface area contributed by atoms with E-state index in [1.165, 1.54) is 0 Å². The van der Waals surface area contributed by atoms with Crippen molar-refractivity contribution in [3.8, 4) is 0 Å². The van der Waals surface area contributed by atoms with Gasteiger partial charge in [0.05, 0.1) is 11.7 Å². The number of rotatable bonds is 3. The first-order valence-electron chi connectivity index (χ1n) is 6.70. The fourth-order valence-electron chi connectivity index (χ4n) is 2.41. The van der Waals surface area contributed by atoms with Crippen LogP contribution < -0.4 is 10.6 Å². The first-order valence-corrected chi connectivity index (χ1v) is 6.70. The fourth-order valence-corrected chi connectivity index (χ4v) is 2.41. The van der Waals surface area contributed by atoms with Crippen molar-refractivity contribution in [1.82, 2.24) is 5.32 Å². The molecule has 0 radical (unpaired) electrons. The summed E-state index contributed by atoms with van der Waals surface area (Å²) < 4.78 is 39.4. The van der Waals surface area contributed by atoms with Crippen LogP contribution in [0.3, 0.4) is 0 Å². The van der Waals surface area contributed by atoms with Crippen molar-refractivity contribution in [2.24, 2.45) is 5.92 Å². The van der Waals surface area contributed by atoms with E-state index in [1.807, 2.05) is 0 Å². The average Bonchev–Trinajstić information content (AvgIpc) is 2.48. The van der Waals surface area contributed by atoms with E-state index in [9.17, 15) is 18.0 Å². The van der Waals surface area contributed by atoms with E-state index < -0.39 is 29.4 Å². The molecule has 2 unspecified atom stereocenters. The van der Waals surface area contributed by atoms with Gasteiger partial charge >= 0.3 is 0 Å². The van der Waals surface area contributed by atoms with Crippen LogP contribution >= 0.6 is 0 Å². The van der Waals surface area contributed by atoms with Gasteiger partial charge in [-0.05, 0) is 37.4 Å². The Morgan fingerprint density at radius 1 is 1.35 bits per heavy atom. The van der Waals surface area contributed by atoms with Gasteiger partial charge in [-0.2, -0.15) is 0 Å². The van der Waals surface area contributed by atoms with E-state index in [-0.39, 0.29) is 5.69 Å². The number of nitrogens with one attached hydrogen (secondary N) is 2. The van der Waals surface area contributed by atoms with Gasteiger partial charge in [0.15, 0.2) is 17.5 Å². The van der Waals surface area contributed by atoms with Crippen molar-refractivity contribution in [2.45, 2.75) is 32.2 Å². The molecule has 1 aromatic rings. The Balaban J connectivity index is 2.06. The number of halogens is 3. The molecule has 3 nitrogen and oxygen atoms in total. The van der Waals surface area contributed by atoms with Crippen LogP contribution in [0.2, 0.25) is 0 Å². The summed E-state index contributed by atoms with van der Waals surface area (Å²) in [5.74, 6) is -4.20. The van der Waals surface area contributed by atoms with E-state index in [1.54, 1.807) is 0 Å². The van der Waals surface area contributed by atoms with Crippen LogP contribution in [0, 0.1) is 23.4 Å². The van der Waals surface area contributed by atoms with E-state index in [4.69, 9.17) is 0 Å². The molecule has 1 aliphatic rings. The second-order valence-corrected chi connectivity index (χ2v) is 5.02. The van der Waals surface area contributed by atoms with Gasteiger partial charge in [-0.3, -0.25) is 4.79 Å². The molecule has 1 aliphatic heterocycles. The Hall–Kier alpha value is -1.56. The molecular formula is C14H17F3N2O. The number of hydrogen-bond donors (Lipinski definition) is 2. The second kappa shape index (κ2) is 6.26. The zero-order valence-electron chi connectivity index (χ0n) is 11.2. The summed E-state index contributed by atoms with van der Waals surface area (Å²) in [7, 11) is 0. The number of anilines is 1. The molecule has 0 aromatic heterocycles. The summed E-state index contributed by atoms with van der Waals surface area (Å²) >= 11 is 0. The van der Waals surface area contributed by atoms with Crippen molar-refractivity contribution in [2.75, 3.05) is 11.9 Å². The summed E-state index contributed by atoms with van der Waals surface area (Å²) in [4.78, 5) is 12.0. The Morgan fingerprint density at radius 2 is 2.10 bits per heavy atom. The minimum absolute atomic E-state index is 0.339. The molecule has 0 bridgehead atoms. The highest BCUT2D eigenvalue weighted by Crippen LogP contribution is 2.22. The highest BCUT2D eigenvalue weighted by molar-refractivity contribution is 5.95. The smallest absolute Gasteiger partial charge is 0.241 e. The van der Waals surface area contributed by atoms with Gasteiger partial charge in [-0.25, -0.2) is 13.2 Å². The summed E-state index contributed by atoms with van der Waals surface area (Å²) in [6, 6.07) is 1.38. The van der Waals surface area contributed by atoms with E-state index in [0.717, 1.165) is 31.5 Å². The van der Waals surface area contributed by atoms with Crippen LogP contribution in [0.5, 0.6) is 0 Å². The highest BCUT2D eigenvalue weighted by atomic mass is 19.2. The molecule has 6 heteroatoms. The average molecular weight is 286 g/mol. The monoisotopic (exact) mass is 286 g/mol. The molecule has 0 saturated carbocycles. The number of amides is 1. The van der Waals surface area contributed by atoms with Crippen LogP contribution in [0.4, 0.5) is 18.9 Å². The number of carbonyl (C=O) groups is 1. The third-order valence-electron chi connectivity index (χ3n) is 3.70. The Morgan fingerprint density at radius 3 is 2.80 bits per heavy atom. The quantitative estimate of drug-likeness (QED) is 0.839. The summed E-state index contributed by atoms with van der Waals surface area (Å²) in [5.41, 5.74) is -0.339. The number of piperidine rings is 1. The first-order chi connectivity index (χ1) is 9.52. The molecular weight excluding hydrogens is 269 g/mol. The molecule has 1 saturated heterocycles. The van der Waals surface area contributed by atoms with Crippen LogP contribution in [-0.4, -0.2) is 18.5 Å². The highest BCUT2D eigenvalue weighted by Gasteiger charge is 2.27. The zero-order chi connectivity index (χ0) is 14.7. The lowest BCUT2D eigenvalue weighted by molar-refractivity contribution is -0.119. The lowest BCUT2D eigenvalue weighted by Gasteiger charge is -2.28. The van der Waals surface area contributed by atoms with E-state index in [2.05, 4.69) is 17.6 Å². The third kappa shape index (κ3) is 3.12. The second-order valence-electron chi connectivity index (χ2n) is 5.02. The largest absolute Gasteiger partial charge is 0.322 e. The molecule has 1 amide bonds. The summed E-state index contributed by atoms with van der Waals surface area (Å²) in [6.07, 6.45) is 2.64. The molecule has 2 atom stereocenters. The molecule has 1 fully saturated rings. The van der Waals surface area contributed by atoms with Crippen LogP contribution in [-0.2, 0) is 4.79 Å². The Labute approximate surface area is 115 Å². The van der Waals surface area contributed by atoms with Crippen LogP contribution in [0.25, 0.3) is 0 Å². The van der Waals surface area contributed by atoms with Gasteiger partial charge in [-0.1, -0.05) is 13.3 Å². The fraction of sp³-hybridized carbons (Fsp3) is 0.500. The minimum Gasteiger partial charge on any atom is -0.322 e. The number of carbonyl (C=O) groups excluding carboxylic acids is 1. The lowest BCUT2D eigenvalue weighted by Crippen LogP contribution is -2.46. The van der Waals surface area contributed by atoms with Crippen LogP contribution in [0.1, 0.15) is 26.2 Å². The number of benzene rings is 1. The maximum absolute atomic E-state index is 13.5. The molecule has 1 heterocycles. The van der Waals surface area contributed by atoms with Gasteiger partial charge in [0, 0.05) is 0 Å². The van der Waals surface area contributed by atoms with Gasteiger partial charge in [0.1, 0.15) is 0 Å². The van der Waals surface area contributed by atoms with Gasteiger partial charge in [-0.15, -0.1) is 0 Å². The Kier molecular flexibility index (Phi) is 4.65. The standard InChI is InChI=1S/C14H17F3N2O/c1-2-8-5-6-18-11(7-8)14(20)19-10-4-3-9(15)12(16)13(10)17/h3-4,8,11,18H,2,5-7H2,1H3,(H,19,20). The Bertz CT molecular complexity index is 507. The van der Waals surface area contributed by atoms with Gasteiger partial charge < -0.3 is 10.6 Å². The molecule has 0 spiro atoms. The van der Waals surface area contributed by atoms with Crippen molar-refractivity contribution in [1.29, 1.82) is 0 Å². The molecule has 2 N–H and O–H groups in total. The minimum atomic E-state index is -1.58. The predicted octanol–water partition coefficient (Wildman–Crippen LogP) is 2.82. The molecule has 20 heavy (non-hydrogen) atoms.